The molecule has 2 aromatic rings. The van der Waals surface area contributed by atoms with E-state index in [1.165, 1.54) is 0 Å². The minimum absolute atomic E-state index is 0.166. The first kappa shape index (κ1) is 10.8. The van der Waals surface area contributed by atoms with Crippen LogP contribution >= 0.6 is 0 Å². The molecule has 0 aliphatic carbocycles. The van der Waals surface area contributed by atoms with Crippen molar-refractivity contribution in [2.45, 2.75) is 27.3 Å². The lowest BCUT2D eigenvalue weighted by molar-refractivity contribution is 0.323. The van der Waals surface area contributed by atoms with Crippen molar-refractivity contribution in [2.24, 2.45) is 5.41 Å². The maximum Gasteiger partial charge on any atom is 0.182 e. The molecule has 0 radical (unpaired) electrons. The molecule has 1 heterocycles. The van der Waals surface area contributed by atoms with E-state index in [1.54, 1.807) is 0 Å². The third-order valence-electron chi connectivity index (χ3n) is 2.19. The normalized spacial score (nSPS) is 11.7. The number of tetrazole rings is 1. The van der Waals surface area contributed by atoms with Crippen LogP contribution in [0.25, 0.3) is 11.4 Å². The highest BCUT2D eigenvalue weighted by Crippen LogP contribution is 2.20. The Bertz CT molecular complexity index is 453. The third kappa shape index (κ3) is 2.45. The molecule has 0 unspecified atom stereocenters. The molecule has 0 saturated carbocycles. The Morgan fingerprint density at radius 1 is 1.12 bits per heavy atom. The van der Waals surface area contributed by atoms with Crippen LogP contribution in [0.1, 0.15) is 20.8 Å². The number of nitrogens with zero attached hydrogens (tertiary/aromatic N) is 4. The fourth-order valence-electron chi connectivity index (χ4n) is 1.55. The molecule has 0 aliphatic rings. The molecule has 1 aromatic carbocycles. The standard InChI is InChI=1S/C12H16N4/c1-12(2,3)9-16-11(13-14-15-16)10-7-5-4-6-8-10/h4-8H,9H2,1-3H3. The quantitative estimate of drug-likeness (QED) is 0.774. The van der Waals surface area contributed by atoms with Crippen LogP contribution in [0.2, 0.25) is 0 Å². The second kappa shape index (κ2) is 4.04. The van der Waals surface area contributed by atoms with Crippen molar-refractivity contribution in [3.8, 4) is 11.4 Å². The van der Waals surface area contributed by atoms with Crippen LogP contribution in [0.5, 0.6) is 0 Å². The third-order valence-corrected chi connectivity index (χ3v) is 2.19. The second-order valence-electron chi connectivity index (χ2n) is 5.09. The molecule has 0 saturated heterocycles. The number of benzene rings is 1. The Morgan fingerprint density at radius 3 is 2.44 bits per heavy atom. The molecule has 4 heteroatoms. The van der Waals surface area contributed by atoms with Gasteiger partial charge in [0.05, 0.1) is 0 Å². The van der Waals surface area contributed by atoms with Gasteiger partial charge in [-0.3, -0.25) is 0 Å². The molecule has 2 rings (SSSR count). The Labute approximate surface area is 95.3 Å². The molecule has 0 fully saturated rings. The molecular formula is C12H16N4. The topological polar surface area (TPSA) is 43.6 Å². The molecule has 1 aromatic heterocycles. The summed E-state index contributed by atoms with van der Waals surface area (Å²) < 4.78 is 1.86. The average molecular weight is 216 g/mol. The van der Waals surface area contributed by atoms with Crippen LogP contribution in [-0.4, -0.2) is 20.2 Å². The van der Waals surface area contributed by atoms with E-state index in [0.717, 1.165) is 17.9 Å². The molecule has 0 amide bonds. The minimum Gasteiger partial charge on any atom is -0.225 e. The van der Waals surface area contributed by atoms with Crippen molar-refractivity contribution in [3.63, 3.8) is 0 Å². The summed E-state index contributed by atoms with van der Waals surface area (Å²) in [6.07, 6.45) is 0. The van der Waals surface area contributed by atoms with Gasteiger partial charge < -0.3 is 0 Å². The van der Waals surface area contributed by atoms with Crippen LogP contribution in [0.3, 0.4) is 0 Å². The van der Waals surface area contributed by atoms with Gasteiger partial charge in [-0.15, -0.1) is 5.10 Å². The molecule has 0 atom stereocenters. The zero-order chi connectivity index (χ0) is 11.6. The van der Waals surface area contributed by atoms with Crippen molar-refractivity contribution in [1.82, 2.24) is 20.2 Å². The summed E-state index contributed by atoms with van der Waals surface area (Å²) in [7, 11) is 0. The van der Waals surface area contributed by atoms with Gasteiger partial charge in [0.15, 0.2) is 5.82 Å². The minimum atomic E-state index is 0.166. The summed E-state index contributed by atoms with van der Waals surface area (Å²) >= 11 is 0. The predicted octanol–water partition coefficient (Wildman–Crippen LogP) is 2.39. The van der Waals surface area contributed by atoms with Gasteiger partial charge in [-0.1, -0.05) is 51.1 Å². The molecule has 0 N–H and O–H groups in total. The van der Waals surface area contributed by atoms with Gasteiger partial charge in [-0.25, -0.2) is 4.68 Å². The number of hydrogen-bond acceptors (Lipinski definition) is 3. The fourth-order valence-corrected chi connectivity index (χ4v) is 1.55. The van der Waals surface area contributed by atoms with Crippen molar-refractivity contribution < 1.29 is 0 Å². The highest BCUT2D eigenvalue weighted by molar-refractivity contribution is 5.53. The number of hydrogen-bond donors (Lipinski definition) is 0. The summed E-state index contributed by atoms with van der Waals surface area (Å²) in [6, 6.07) is 10.0. The van der Waals surface area contributed by atoms with Crippen LogP contribution in [0, 0.1) is 5.41 Å². The van der Waals surface area contributed by atoms with Crippen molar-refractivity contribution in [2.75, 3.05) is 0 Å². The summed E-state index contributed by atoms with van der Waals surface area (Å²) in [4.78, 5) is 0. The van der Waals surface area contributed by atoms with E-state index in [1.807, 2.05) is 35.0 Å². The maximum atomic E-state index is 4.07. The number of rotatable bonds is 2. The summed E-state index contributed by atoms with van der Waals surface area (Å²) in [5.41, 5.74) is 1.22. The van der Waals surface area contributed by atoms with Crippen molar-refractivity contribution >= 4 is 0 Å². The van der Waals surface area contributed by atoms with E-state index in [4.69, 9.17) is 0 Å². The van der Waals surface area contributed by atoms with Gasteiger partial charge in [-0.2, -0.15) is 0 Å². The van der Waals surface area contributed by atoms with E-state index >= 15 is 0 Å². The lowest BCUT2D eigenvalue weighted by atomic mass is 9.97. The van der Waals surface area contributed by atoms with Crippen LogP contribution in [-0.2, 0) is 6.54 Å². The summed E-state index contributed by atoms with van der Waals surface area (Å²) in [5, 5.41) is 11.9. The fraction of sp³-hybridized carbons (Fsp3) is 0.417. The smallest absolute Gasteiger partial charge is 0.182 e. The van der Waals surface area contributed by atoms with Crippen LogP contribution < -0.4 is 0 Å². The van der Waals surface area contributed by atoms with Crippen LogP contribution in [0.4, 0.5) is 0 Å². The summed E-state index contributed by atoms with van der Waals surface area (Å²) in [6.45, 7) is 7.32. The highest BCUT2D eigenvalue weighted by atomic mass is 15.5. The zero-order valence-corrected chi connectivity index (χ0v) is 9.88. The van der Waals surface area contributed by atoms with Gasteiger partial charge in [-0.05, 0) is 15.8 Å². The lowest BCUT2D eigenvalue weighted by Gasteiger charge is -2.18. The second-order valence-corrected chi connectivity index (χ2v) is 5.09. The van der Waals surface area contributed by atoms with E-state index < -0.39 is 0 Å². The Hall–Kier alpha value is -1.71. The average Bonchev–Trinajstić information content (AvgIpc) is 2.64. The lowest BCUT2D eigenvalue weighted by Crippen LogP contribution is -2.17. The van der Waals surface area contributed by atoms with Gasteiger partial charge in [0, 0.05) is 12.1 Å². The Morgan fingerprint density at radius 2 is 1.81 bits per heavy atom. The summed E-state index contributed by atoms with van der Waals surface area (Å²) in [5.74, 6) is 0.829. The SMILES string of the molecule is CC(C)(C)Cn1nnnc1-c1ccccc1. The zero-order valence-electron chi connectivity index (χ0n) is 9.88. The predicted molar refractivity (Wildman–Crippen MR) is 62.7 cm³/mol. The van der Waals surface area contributed by atoms with E-state index in [-0.39, 0.29) is 5.41 Å². The molecule has 0 aliphatic heterocycles. The first-order valence-corrected chi connectivity index (χ1v) is 5.38. The van der Waals surface area contributed by atoms with Crippen molar-refractivity contribution in [1.29, 1.82) is 0 Å². The molecule has 84 valence electrons. The first-order chi connectivity index (χ1) is 7.56. The van der Waals surface area contributed by atoms with E-state index in [2.05, 4.69) is 36.3 Å². The maximum absolute atomic E-state index is 4.07. The van der Waals surface area contributed by atoms with Crippen molar-refractivity contribution in [3.05, 3.63) is 30.3 Å². The molecule has 0 spiro atoms. The monoisotopic (exact) mass is 216 g/mol. The highest BCUT2D eigenvalue weighted by Gasteiger charge is 2.16. The molecule has 4 nitrogen and oxygen atoms in total. The first-order valence-electron chi connectivity index (χ1n) is 5.38. The van der Waals surface area contributed by atoms with Gasteiger partial charge in [0.2, 0.25) is 0 Å². The number of aromatic nitrogens is 4. The van der Waals surface area contributed by atoms with E-state index in [0.29, 0.717) is 0 Å². The van der Waals surface area contributed by atoms with Crippen LogP contribution in [0.15, 0.2) is 30.3 Å². The van der Waals surface area contributed by atoms with Gasteiger partial charge in [0.1, 0.15) is 0 Å². The molecule has 0 bridgehead atoms. The molecular weight excluding hydrogens is 200 g/mol. The van der Waals surface area contributed by atoms with Gasteiger partial charge >= 0.3 is 0 Å². The Balaban J connectivity index is 2.33. The Kier molecular flexibility index (Phi) is 2.73. The largest absolute Gasteiger partial charge is 0.225 e. The van der Waals surface area contributed by atoms with E-state index in [9.17, 15) is 0 Å². The molecule has 16 heavy (non-hydrogen) atoms. The van der Waals surface area contributed by atoms with Gasteiger partial charge in [0.25, 0.3) is 0 Å².